The van der Waals surface area contributed by atoms with Crippen molar-refractivity contribution < 1.29 is 13.9 Å². The third-order valence-electron chi connectivity index (χ3n) is 7.22. The van der Waals surface area contributed by atoms with Crippen LogP contribution in [0.25, 0.3) is 22.2 Å². The van der Waals surface area contributed by atoms with Crippen LogP contribution >= 0.6 is 0 Å². The fraction of sp³-hybridized carbons (Fsp3) is 0.276. The summed E-state index contributed by atoms with van der Waals surface area (Å²) in [6.45, 7) is 4.33. The number of hydrogen-bond acceptors (Lipinski definition) is 7. The molecule has 1 saturated heterocycles. The van der Waals surface area contributed by atoms with E-state index in [1.165, 1.54) is 0 Å². The van der Waals surface area contributed by atoms with Gasteiger partial charge in [0, 0.05) is 42.0 Å². The van der Waals surface area contributed by atoms with Crippen LogP contribution in [0.3, 0.4) is 0 Å². The van der Waals surface area contributed by atoms with Crippen LogP contribution in [0.15, 0.2) is 54.9 Å². The molecule has 0 spiro atoms. The standard InChI is InChI=1S/C29H25FN6O2/c1-29(16-31)17-38-15-20-4-3-18(11-23(20)29)28(37)34-14-21-12-25-19(13-33-21)5-6-24(35-25)22-7-8-32-27(26(22)30)36-9-2-10-36/h3-8,11-13H,2,9-10,14-15,17H2,1H3,(H,34,37)/t29-/m1/s1. The average molecular weight is 509 g/mol. The fourth-order valence-corrected chi connectivity index (χ4v) is 4.85. The second-order valence-corrected chi connectivity index (χ2v) is 9.89. The Kier molecular flexibility index (Phi) is 5.97. The molecule has 6 rings (SSSR count). The van der Waals surface area contributed by atoms with E-state index in [2.05, 4.69) is 26.3 Å². The lowest BCUT2D eigenvalue weighted by Gasteiger charge is -2.32. The summed E-state index contributed by atoms with van der Waals surface area (Å²) in [5.41, 5.74) is 3.60. The molecule has 8 nitrogen and oxygen atoms in total. The van der Waals surface area contributed by atoms with Gasteiger partial charge in [-0.3, -0.25) is 9.78 Å². The van der Waals surface area contributed by atoms with E-state index in [4.69, 9.17) is 4.74 Å². The molecule has 2 aliphatic heterocycles. The van der Waals surface area contributed by atoms with Gasteiger partial charge in [-0.2, -0.15) is 5.26 Å². The number of nitriles is 1. The third kappa shape index (κ3) is 4.23. The lowest BCUT2D eigenvalue weighted by atomic mass is 9.79. The molecule has 0 saturated carbocycles. The largest absolute Gasteiger partial charge is 0.375 e. The van der Waals surface area contributed by atoms with Crippen molar-refractivity contribution in [3.8, 4) is 17.3 Å². The Morgan fingerprint density at radius 2 is 2.08 bits per heavy atom. The summed E-state index contributed by atoms with van der Waals surface area (Å²) >= 11 is 0. The highest BCUT2D eigenvalue weighted by atomic mass is 19.1. The van der Waals surface area contributed by atoms with Crippen LogP contribution in [-0.2, 0) is 23.3 Å². The number of amides is 1. The molecule has 1 aromatic carbocycles. The first kappa shape index (κ1) is 23.9. The molecular weight excluding hydrogens is 483 g/mol. The quantitative estimate of drug-likeness (QED) is 0.429. The molecule has 0 bridgehead atoms. The van der Waals surface area contributed by atoms with Crippen molar-refractivity contribution in [2.45, 2.75) is 31.9 Å². The summed E-state index contributed by atoms with van der Waals surface area (Å²) in [5, 5.41) is 13.4. The molecular formula is C29H25FN6O2. The predicted octanol–water partition coefficient (Wildman–Crippen LogP) is 4.28. The SMILES string of the molecule is C[C@@]1(C#N)COCc2ccc(C(=O)NCc3cc4nc(-c5ccnc(N6CCC6)c5F)ccc4cn3)cc21. The van der Waals surface area contributed by atoms with Gasteiger partial charge in [-0.1, -0.05) is 6.07 Å². The first-order chi connectivity index (χ1) is 18.4. The molecule has 190 valence electrons. The molecule has 38 heavy (non-hydrogen) atoms. The van der Waals surface area contributed by atoms with Crippen molar-refractivity contribution in [2.24, 2.45) is 0 Å². The van der Waals surface area contributed by atoms with Gasteiger partial charge in [-0.05, 0) is 60.9 Å². The molecule has 3 aromatic heterocycles. The van der Waals surface area contributed by atoms with Gasteiger partial charge in [0.15, 0.2) is 11.6 Å². The minimum absolute atomic E-state index is 0.194. The van der Waals surface area contributed by atoms with Gasteiger partial charge in [0.05, 0.1) is 42.7 Å². The molecule has 9 heteroatoms. The maximum atomic E-state index is 15.2. The monoisotopic (exact) mass is 508 g/mol. The fourth-order valence-electron chi connectivity index (χ4n) is 4.85. The number of pyridine rings is 3. The van der Waals surface area contributed by atoms with Gasteiger partial charge in [-0.15, -0.1) is 0 Å². The molecule has 1 N–H and O–H groups in total. The third-order valence-corrected chi connectivity index (χ3v) is 7.22. The van der Waals surface area contributed by atoms with Gasteiger partial charge in [0.2, 0.25) is 0 Å². The summed E-state index contributed by atoms with van der Waals surface area (Å²) in [7, 11) is 0. The number of fused-ring (bicyclic) bond motifs is 2. The number of carbonyl (C=O) groups excluding carboxylic acids is 1. The maximum absolute atomic E-state index is 15.2. The van der Waals surface area contributed by atoms with E-state index < -0.39 is 5.41 Å². The minimum atomic E-state index is -0.794. The van der Waals surface area contributed by atoms with Crippen molar-refractivity contribution in [2.75, 3.05) is 24.6 Å². The van der Waals surface area contributed by atoms with Crippen molar-refractivity contribution in [1.82, 2.24) is 20.3 Å². The zero-order valence-electron chi connectivity index (χ0n) is 20.9. The van der Waals surface area contributed by atoms with E-state index in [1.807, 2.05) is 24.0 Å². The Labute approximate surface area is 219 Å². The van der Waals surface area contributed by atoms with E-state index in [0.717, 1.165) is 36.0 Å². The van der Waals surface area contributed by atoms with Crippen LogP contribution in [0.2, 0.25) is 0 Å². The van der Waals surface area contributed by atoms with E-state index in [1.54, 1.807) is 42.7 Å². The number of hydrogen-bond donors (Lipinski definition) is 1. The Balaban J connectivity index is 1.22. The minimum Gasteiger partial charge on any atom is -0.375 e. The highest BCUT2D eigenvalue weighted by Crippen LogP contribution is 2.33. The van der Waals surface area contributed by atoms with Gasteiger partial charge >= 0.3 is 0 Å². The first-order valence-electron chi connectivity index (χ1n) is 12.5. The smallest absolute Gasteiger partial charge is 0.251 e. The van der Waals surface area contributed by atoms with Crippen molar-refractivity contribution in [3.05, 3.63) is 83.1 Å². The first-order valence-corrected chi connectivity index (χ1v) is 12.5. The van der Waals surface area contributed by atoms with Crippen molar-refractivity contribution in [3.63, 3.8) is 0 Å². The van der Waals surface area contributed by atoms with Crippen LogP contribution in [0, 0.1) is 17.1 Å². The number of ether oxygens (including phenoxy) is 1. The zero-order valence-corrected chi connectivity index (χ0v) is 20.9. The molecule has 1 atom stereocenters. The van der Waals surface area contributed by atoms with Crippen LogP contribution in [0.1, 0.15) is 40.5 Å². The molecule has 0 unspecified atom stereocenters. The number of benzene rings is 1. The summed E-state index contributed by atoms with van der Waals surface area (Å²) in [6.07, 6.45) is 4.34. The van der Waals surface area contributed by atoms with Gasteiger partial charge in [-0.25, -0.2) is 14.4 Å². The number of anilines is 1. The molecule has 1 amide bonds. The molecule has 5 heterocycles. The number of halogens is 1. The van der Waals surface area contributed by atoms with Crippen molar-refractivity contribution >= 4 is 22.6 Å². The highest BCUT2D eigenvalue weighted by molar-refractivity contribution is 5.94. The lowest BCUT2D eigenvalue weighted by molar-refractivity contribution is 0.0757. The Hall–Kier alpha value is -4.42. The van der Waals surface area contributed by atoms with E-state index in [0.29, 0.717) is 47.1 Å². The van der Waals surface area contributed by atoms with E-state index in [-0.39, 0.29) is 18.3 Å². The number of carbonyl (C=O) groups is 1. The highest BCUT2D eigenvalue weighted by Gasteiger charge is 2.33. The van der Waals surface area contributed by atoms with E-state index in [9.17, 15) is 10.1 Å². The van der Waals surface area contributed by atoms with Crippen LogP contribution in [0.4, 0.5) is 10.2 Å². The molecule has 0 radical (unpaired) electrons. The van der Waals surface area contributed by atoms with Gasteiger partial charge < -0.3 is 15.0 Å². The number of rotatable bonds is 5. The number of aromatic nitrogens is 3. The second kappa shape index (κ2) is 9.47. The molecule has 2 aliphatic rings. The van der Waals surface area contributed by atoms with Crippen LogP contribution in [0.5, 0.6) is 0 Å². The Morgan fingerprint density at radius 1 is 1.21 bits per heavy atom. The Morgan fingerprint density at radius 3 is 2.87 bits per heavy atom. The molecule has 1 fully saturated rings. The van der Waals surface area contributed by atoms with Crippen LogP contribution in [-0.4, -0.2) is 40.6 Å². The number of nitrogens with one attached hydrogen (secondary N) is 1. The molecule has 0 aliphatic carbocycles. The maximum Gasteiger partial charge on any atom is 0.251 e. The topological polar surface area (TPSA) is 104 Å². The van der Waals surface area contributed by atoms with E-state index >= 15 is 4.39 Å². The Bertz CT molecular complexity index is 1610. The van der Waals surface area contributed by atoms with Gasteiger partial charge in [0.1, 0.15) is 5.41 Å². The lowest BCUT2D eigenvalue weighted by Crippen LogP contribution is -2.38. The molecule has 4 aromatic rings. The normalized spacial score (nSPS) is 18.4. The second-order valence-electron chi connectivity index (χ2n) is 9.89. The zero-order chi connectivity index (χ0) is 26.3. The number of nitrogens with zero attached hydrogens (tertiary/aromatic N) is 5. The predicted molar refractivity (Wildman–Crippen MR) is 140 cm³/mol. The van der Waals surface area contributed by atoms with Crippen LogP contribution < -0.4 is 10.2 Å². The summed E-state index contributed by atoms with van der Waals surface area (Å²) in [5.74, 6) is -0.274. The summed E-state index contributed by atoms with van der Waals surface area (Å²) in [4.78, 5) is 28.2. The van der Waals surface area contributed by atoms with Gasteiger partial charge in [0.25, 0.3) is 5.91 Å². The summed E-state index contributed by atoms with van der Waals surface area (Å²) in [6, 6.07) is 14.7. The average Bonchev–Trinajstić information content (AvgIpc) is 2.91. The summed E-state index contributed by atoms with van der Waals surface area (Å²) < 4.78 is 20.8. The van der Waals surface area contributed by atoms with Crippen molar-refractivity contribution in [1.29, 1.82) is 5.26 Å².